The number of hydrogen-bond acceptors (Lipinski definition) is 6. The molecule has 0 aliphatic carbocycles. The number of hydrogen-bond donors (Lipinski definition) is 0. The molecule has 0 N–H and O–H groups in total. The Morgan fingerprint density at radius 3 is 2.23 bits per heavy atom. The number of esters is 1. The fourth-order valence-corrected chi connectivity index (χ4v) is 3.27. The van der Waals surface area contributed by atoms with Crippen molar-refractivity contribution in [2.24, 2.45) is 0 Å². The first-order chi connectivity index (χ1) is 17.1. The summed E-state index contributed by atoms with van der Waals surface area (Å²) in [4.78, 5) is 25.2. The lowest BCUT2D eigenvalue weighted by Gasteiger charge is -2.26. The number of alkyl halides is 3. The molecule has 0 atom stereocenters. The highest BCUT2D eigenvalue weighted by molar-refractivity contribution is 5.79. The number of aryl methyl sites for hydroxylation is 2. The average Bonchev–Trinajstić information content (AvgIpc) is 3.17. The molecule has 1 aromatic heterocycles. The normalized spacial score (nSPS) is 13.1. The lowest BCUT2D eigenvalue weighted by atomic mass is 10.0. The predicted molar refractivity (Wildman–Crippen MR) is 121 cm³/mol. The number of carbonyl (C=O) groups is 1. The van der Waals surface area contributed by atoms with Crippen molar-refractivity contribution >= 4 is 5.97 Å². The van der Waals surface area contributed by atoms with Crippen LogP contribution in [-0.2, 0) is 16.0 Å². The Kier molecular flexibility index (Phi) is 6.47. The van der Waals surface area contributed by atoms with Gasteiger partial charge in [0.25, 0.3) is 0 Å². The van der Waals surface area contributed by atoms with Gasteiger partial charge in [0.1, 0.15) is 17.8 Å². The van der Waals surface area contributed by atoms with E-state index in [0.29, 0.717) is 21.6 Å². The van der Waals surface area contributed by atoms with Crippen LogP contribution < -0.4 is 15.2 Å². The summed E-state index contributed by atoms with van der Waals surface area (Å²) < 4.78 is 70.8. The molecule has 1 heterocycles. The molecule has 0 fully saturated rings. The van der Waals surface area contributed by atoms with Crippen LogP contribution in [0.15, 0.2) is 47.5 Å². The maximum atomic E-state index is 13.0. The van der Waals surface area contributed by atoms with Crippen LogP contribution in [0.5, 0.6) is 11.5 Å². The summed E-state index contributed by atoms with van der Waals surface area (Å²) in [6.45, 7) is 5.95. The van der Waals surface area contributed by atoms with Crippen LogP contribution in [0.1, 0.15) is 40.2 Å². The molecule has 0 aliphatic rings. The zero-order chi connectivity index (χ0) is 27.8. The van der Waals surface area contributed by atoms with Crippen LogP contribution in [0, 0.1) is 13.8 Å². The minimum atomic E-state index is -4.86. The SMILES string of the molecule is [2H]C([2H])(c1cc(C)c(OC(C)(C)C(=O)OCC)c(C)c1)n1ncn(-c2ccc(OC(F)(F)F)cc2)c1=O. The Morgan fingerprint density at radius 1 is 1.09 bits per heavy atom. The van der Waals surface area contributed by atoms with E-state index in [0.717, 1.165) is 23.0 Å². The highest BCUT2D eigenvalue weighted by atomic mass is 19.4. The van der Waals surface area contributed by atoms with Gasteiger partial charge in [0.2, 0.25) is 0 Å². The van der Waals surface area contributed by atoms with Crippen molar-refractivity contribution in [3.05, 3.63) is 69.9 Å². The number of ether oxygens (including phenoxy) is 3. The van der Waals surface area contributed by atoms with Crippen LogP contribution in [-0.4, -0.2) is 38.9 Å². The van der Waals surface area contributed by atoms with Crippen LogP contribution in [0.4, 0.5) is 13.2 Å². The molecule has 0 saturated heterocycles. The molecule has 2 aromatic carbocycles. The number of aromatic nitrogens is 3. The van der Waals surface area contributed by atoms with E-state index in [1.54, 1.807) is 34.6 Å². The topological polar surface area (TPSA) is 84.6 Å². The van der Waals surface area contributed by atoms with E-state index in [9.17, 15) is 22.8 Å². The quantitative estimate of drug-likeness (QED) is 0.433. The molecule has 0 spiro atoms. The second-order valence-electron chi connectivity index (χ2n) is 8.12. The van der Waals surface area contributed by atoms with Gasteiger partial charge in [0, 0.05) is 0 Å². The standard InChI is InChI=1S/C24H26F3N3O5/c1-6-33-21(31)23(4,5)35-20-15(2)11-17(12-16(20)3)13-30-22(32)29(14-28-30)18-7-9-19(10-8-18)34-24(25,26)27/h7-12,14H,6,13H2,1-5H3/i13D2. The van der Waals surface area contributed by atoms with Gasteiger partial charge in [-0.15, -0.1) is 13.2 Å². The van der Waals surface area contributed by atoms with E-state index >= 15 is 0 Å². The van der Waals surface area contributed by atoms with Gasteiger partial charge in [-0.1, -0.05) is 12.1 Å². The van der Waals surface area contributed by atoms with Gasteiger partial charge in [-0.05, 0) is 75.6 Å². The van der Waals surface area contributed by atoms with Gasteiger partial charge in [-0.3, -0.25) is 0 Å². The molecule has 3 rings (SSSR count). The Balaban J connectivity index is 1.92. The van der Waals surface area contributed by atoms with Crippen LogP contribution >= 0.6 is 0 Å². The minimum absolute atomic E-state index is 0.102. The summed E-state index contributed by atoms with van der Waals surface area (Å²) in [5.41, 5.74) is -0.840. The lowest BCUT2D eigenvalue weighted by molar-refractivity contribution is -0.274. The van der Waals surface area contributed by atoms with Crippen molar-refractivity contribution in [1.29, 1.82) is 0 Å². The van der Waals surface area contributed by atoms with E-state index in [4.69, 9.17) is 12.2 Å². The third kappa shape index (κ3) is 6.23. The molecule has 0 bridgehead atoms. The molecule has 0 radical (unpaired) electrons. The van der Waals surface area contributed by atoms with Crippen molar-refractivity contribution in [1.82, 2.24) is 14.3 Å². The zero-order valence-corrected chi connectivity index (χ0v) is 19.8. The fourth-order valence-electron chi connectivity index (χ4n) is 3.27. The molecule has 35 heavy (non-hydrogen) atoms. The molecule has 0 aliphatic heterocycles. The first kappa shape index (κ1) is 23.0. The van der Waals surface area contributed by atoms with E-state index in [2.05, 4.69) is 9.84 Å². The molecule has 188 valence electrons. The van der Waals surface area contributed by atoms with E-state index in [-0.39, 0.29) is 17.9 Å². The number of nitrogens with zero attached hydrogens (tertiary/aromatic N) is 3. The Bertz CT molecular complexity index is 1330. The largest absolute Gasteiger partial charge is 0.573 e. The van der Waals surface area contributed by atoms with Crippen LogP contribution in [0.25, 0.3) is 5.69 Å². The molecule has 0 saturated carbocycles. The first-order valence-electron chi connectivity index (χ1n) is 11.6. The summed E-state index contributed by atoms with van der Waals surface area (Å²) in [7, 11) is 0. The van der Waals surface area contributed by atoms with Gasteiger partial charge in [0.05, 0.1) is 21.5 Å². The van der Waals surface area contributed by atoms with Crippen molar-refractivity contribution < 1.29 is 34.9 Å². The third-order valence-corrected chi connectivity index (χ3v) is 4.84. The molecular formula is C24H26F3N3O5. The smallest absolute Gasteiger partial charge is 0.476 e. The fraction of sp³-hybridized carbons (Fsp3) is 0.375. The monoisotopic (exact) mass is 495 g/mol. The maximum Gasteiger partial charge on any atom is 0.573 e. The van der Waals surface area contributed by atoms with Crippen molar-refractivity contribution in [2.45, 2.75) is 53.1 Å². The van der Waals surface area contributed by atoms with Crippen molar-refractivity contribution in [3.8, 4) is 17.2 Å². The summed E-state index contributed by atoms with van der Waals surface area (Å²) in [6.07, 6.45) is -3.79. The Morgan fingerprint density at radius 2 is 1.69 bits per heavy atom. The summed E-state index contributed by atoms with van der Waals surface area (Å²) in [6, 6.07) is 7.47. The van der Waals surface area contributed by atoms with Gasteiger partial charge >= 0.3 is 18.0 Å². The van der Waals surface area contributed by atoms with Gasteiger partial charge in [0.15, 0.2) is 5.60 Å². The maximum absolute atomic E-state index is 13.0. The van der Waals surface area contributed by atoms with Gasteiger partial charge < -0.3 is 14.2 Å². The Hall–Kier alpha value is -3.76. The van der Waals surface area contributed by atoms with Crippen molar-refractivity contribution in [2.75, 3.05) is 6.61 Å². The molecule has 3 aromatic rings. The number of carbonyl (C=O) groups excluding carboxylic acids is 1. The zero-order valence-electron chi connectivity index (χ0n) is 21.8. The third-order valence-electron chi connectivity index (χ3n) is 4.84. The second kappa shape index (κ2) is 9.85. The average molecular weight is 495 g/mol. The summed E-state index contributed by atoms with van der Waals surface area (Å²) >= 11 is 0. The number of rotatable bonds is 8. The second-order valence-corrected chi connectivity index (χ2v) is 8.12. The highest BCUT2D eigenvalue weighted by Gasteiger charge is 2.33. The molecule has 11 heteroatoms. The first-order valence-corrected chi connectivity index (χ1v) is 10.6. The number of benzene rings is 2. The van der Waals surface area contributed by atoms with Crippen LogP contribution in [0.2, 0.25) is 0 Å². The van der Waals surface area contributed by atoms with Gasteiger partial charge in [-0.25, -0.2) is 18.8 Å². The molecule has 0 amide bonds. The van der Waals surface area contributed by atoms with Gasteiger partial charge in [-0.2, -0.15) is 5.10 Å². The van der Waals surface area contributed by atoms with Crippen LogP contribution in [0.3, 0.4) is 0 Å². The number of halogens is 3. The summed E-state index contributed by atoms with van der Waals surface area (Å²) in [5.74, 6) is -0.647. The predicted octanol–water partition coefficient (Wildman–Crippen LogP) is 4.32. The Labute approximate surface area is 202 Å². The van der Waals surface area contributed by atoms with E-state index < -0.39 is 35.9 Å². The lowest BCUT2D eigenvalue weighted by Crippen LogP contribution is -2.40. The molecular weight excluding hydrogens is 467 g/mol. The molecule has 8 nitrogen and oxygen atoms in total. The minimum Gasteiger partial charge on any atom is -0.476 e. The van der Waals surface area contributed by atoms with Crippen molar-refractivity contribution in [3.63, 3.8) is 0 Å². The van der Waals surface area contributed by atoms with E-state index in [1.807, 2.05) is 0 Å². The highest BCUT2D eigenvalue weighted by Crippen LogP contribution is 2.29. The molecule has 0 unspecified atom stereocenters. The van der Waals surface area contributed by atoms with E-state index in [1.165, 1.54) is 24.3 Å². The summed E-state index contributed by atoms with van der Waals surface area (Å²) in [5, 5.41) is 3.90.